The number of ether oxygens (including phenoxy) is 1. The zero-order valence-corrected chi connectivity index (χ0v) is 37.2. The highest BCUT2D eigenvalue weighted by molar-refractivity contribution is 6.02. The van der Waals surface area contributed by atoms with E-state index in [2.05, 4.69) is 215 Å². The van der Waals surface area contributed by atoms with Crippen LogP contribution in [0, 0.1) is 0 Å². The molecule has 2 aliphatic rings. The molecule has 4 heterocycles. The van der Waals surface area contributed by atoms with Gasteiger partial charge in [-0.05, 0) is 124 Å². The molecule has 0 atom stereocenters. The van der Waals surface area contributed by atoms with Crippen LogP contribution in [0.1, 0.15) is 77.0 Å². The maximum absolute atomic E-state index is 6.89. The minimum atomic E-state index is -0.0458. The van der Waals surface area contributed by atoms with Gasteiger partial charge in [0.25, 0.3) is 0 Å². The van der Waals surface area contributed by atoms with Crippen LogP contribution in [0.3, 0.4) is 0 Å². The van der Waals surface area contributed by atoms with Crippen molar-refractivity contribution in [2.75, 3.05) is 21.4 Å². The average molecular weight is 824 g/mol. The van der Waals surface area contributed by atoms with Crippen LogP contribution in [-0.4, -0.2) is 16.6 Å². The lowest BCUT2D eigenvalue weighted by molar-refractivity contribution is 0.483. The van der Waals surface area contributed by atoms with Crippen molar-refractivity contribution in [3.63, 3.8) is 0 Å². The van der Waals surface area contributed by atoms with Gasteiger partial charge in [0.2, 0.25) is 0 Å². The third-order valence-corrected chi connectivity index (χ3v) is 12.5. The van der Waals surface area contributed by atoms with Crippen molar-refractivity contribution in [3.05, 3.63) is 187 Å². The fourth-order valence-corrected chi connectivity index (χ4v) is 9.25. The molecule has 312 valence electrons. The molecule has 0 N–H and O–H groups in total. The van der Waals surface area contributed by atoms with E-state index >= 15 is 0 Å². The molecule has 0 saturated heterocycles. The zero-order valence-electron chi connectivity index (χ0n) is 37.2. The summed E-state index contributed by atoms with van der Waals surface area (Å²) in [5.74, 6) is 2.99. The molecule has 2 aromatic heterocycles. The van der Waals surface area contributed by atoms with Gasteiger partial charge >= 0.3 is 0 Å². The second kappa shape index (κ2) is 15.9. The molecular formula is C57H53N5O. The Labute approximate surface area is 372 Å². The summed E-state index contributed by atoms with van der Waals surface area (Å²) in [7, 11) is 0. The molecule has 0 radical (unpaired) electrons. The average Bonchev–Trinajstić information content (AvgIpc) is 3.63. The molecule has 0 saturated carbocycles. The standard InChI is InChI=1S/C57H53N5O/c1-37(2)48-31-39(50-22-14-15-29-58-50)32-49(38(3)4)56(48)61-36-60(52-24-12-13-25-53(52)61)41-17-16-18-42(34-41)63-43-26-27-47-45-20-9-8-19-44(45)46-21-10-11-23-51(46)62(54(47)35-43)55-33-40(28-30-59-55)57(5,6)7/h8-35,37-38H,36H2,1-7H3. The van der Waals surface area contributed by atoms with Crippen molar-refractivity contribution in [1.29, 1.82) is 0 Å². The number of aromatic nitrogens is 2. The normalized spacial score (nSPS) is 13.1. The molecule has 6 aromatic carbocycles. The largest absolute Gasteiger partial charge is 0.457 e. The SMILES string of the molecule is CC(C)c1cc(-c2ccccn2)cc(C(C)C)c1N1CN(c2cccc(Oc3ccc4c(c3)N(c3cc(C(C)(C)C)ccn3)c3ccccc3-c3ccccc3-4)c2)c2ccccc21. The Bertz CT molecular complexity index is 2960. The van der Waals surface area contributed by atoms with Crippen LogP contribution < -0.4 is 19.4 Å². The maximum atomic E-state index is 6.89. The molecule has 0 bridgehead atoms. The van der Waals surface area contributed by atoms with Gasteiger partial charge in [-0.15, -0.1) is 0 Å². The van der Waals surface area contributed by atoms with Crippen LogP contribution >= 0.6 is 0 Å². The molecule has 0 amide bonds. The van der Waals surface area contributed by atoms with E-state index in [4.69, 9.17) is 14.7 Å². The van der Waals surface area contributed by atoms with E-state index in [1.807, 2.05) is 18.5 Å². The van der Waals surface area contributed by atoms with E-state index in [0.29, 0.717) is 18.5 Å². The first-order chi connectivity index (χ1) is 30.5. The topological polar surface area (TPSA) is 44.7 Å². The highest BCUT2D eigenvalue weighted by Gasteiger charge is 2.33. The molecule has 10 rings (SSSR count). The molecular weight excluding hydrogens is 771 g/mol. The highest BCUT2D eigenvalue weighted by Crippen LogP contribution is 2.53. The van der Waals surface area contributed by atoms with Crippen LogP contribution in [-0.2, 0) is 5.41 Å². The van der Waals surface area contributed by atoms with Gasteiger partial charge in [-0.3, -0.25) is 9.88 Å². The molecule has 8 aromatic rings. The number of rotatable bonds is 8. The summed E-state index contributed by atoms with van der Waals surface area (Å²) in [6.07, 6.45) is 3.81. The lowest BCUT2D eigenvalue weighted by Crippen LogP contribution is -2.26. The molecule has 0 aliphatic carbocycles. The Morgan fingerprint density at radius 2 is 1.13 bits per heavy atom. The van der Waals surface area contributed by atoms with E-state index < -0.39 is 0 Å². The van der Waals surface area contributed by atoms with Crippen molar-refractivity contribution < 1.29 is 4.74 Å². The number of anilines is 7. The first kappa shape index (κ1) is 39.9. The second-order valence-corrected chi connectivity index (χ2v) is 18.3. The van der Waals surface area contributed by atoms with Crippen molar-refractivity contribution >= 4 is 39.9 Å². The number of pyridine rings is 2. The molecule has 2 aliphatic heterocycles. The Morgan fingerprint density at radius 3 is 1.79 bits per heavy atom. The Morgan fingerprint density at radius 1 is 0.508 bits per heavy atom. The van der Waals surface area contributed by atoms with Gasteiger partial charge in [0.15, 0.2) is 0 Å². The predicted octanol–water partition coefficient (Wildman–Crippen LogP) is 15.8. The predicted molar refractivity (Wildman–Crippen MR) is 262 cm³/mol. The monoisotopic (exact) mass is 823 g/mol. The smallest absolute Gasteiger partial charge is 0.137 e. The minimum Gasteiger partial charge on any atom is -0.457 e. The number of nitrogens with zero attached hydrogens (tertiary/aromatic N) is 5. The zero-order chi connectivity index (χ0) is 43.4. The van der Waals surface area contributed by atoms with Crippen molar-refractivity contribution in [2.24, 2.45) is 0 Å². The van der Waals surface area contributed by atoms with Crippen LogP contribution in [0.5, 0.6) is 11.5 Å². The van der Waals surface area contributed by atoms with Gasteiger partial charge in [0, 0.05) is 52.6 Å². The third-order valence-electron chi connectivity index (χ3n) is 12.5. The third kappa shape index (κ3) is 7.29. The van der Waals surface area contributed by atoms with Gasteiger partial charge in [-0.25, -0.2) is 4.98 Å². The summed E-state index contributed by atoms with van der Waals surface area (Å²) in [5.41, 5.74) is 17.4. The minimum absolute atomic E-state index is 0.0458. The Kier molecular flexibility index (Phi) is 10.1. The van der Waals surface area contributed by atoms with E-state index in [9.17, 15) is 0 Å². The van der Waals surface area contributed by atoms with E-state index in [1.54, 1.807) is 0 Å². The van der Waals surface area contributed by atoms with E-state index in [0.717, 1.165) is 62.5 Å². The first-order valence-electron chi connectivity index (χ1n) is 22.1. The molecule has 0 unspecified atom stereocenters. The molecule has 0 fully saturated rings. The summed E-state index contributed by atoms with van der Waals surface area (Å²) in [6.45, 7) is 16.6. The van der Waals surface area contributed by atoms with Gasteiger partial charge in [0.05, 0.1) is 28.4 Å². The van der Waals surface area contributed by atoms with Crippen LogP contribution in [0.2, 0.25) is 0 Å². The second-order valence-electron chi connectivity index (χ2n) is 18.3. The quantitative estimate of drug-likeness (QED) is 0.152. The summed E-state index contributed by atoms with van der Waals surface area (Å²) < 4.78 is 6.89. The van der Waals surface area contributed by atoms with Gasteiger partial charge in [-0.2, -0.15) is 0 Å². The van der Waals surface area contributed by atoms with Crippen LogP contribution in [0.15, 0.2) is 170 Å². The van der Waals surface area contributed by atoms with Gasteiger partial charge < -0.3 is 14.5 Å². The van der Waals surface area contributed by atoms with Crippen molar-refractivity contribution in [1.82, 2.24) is 9.97 Å². The maximum Gasteiger partial charge on any atom is 0.137 e. The number of benzene rings is 6. The van der Waals surface area contributed by atoms with Crippen molar-refractivity contribution in [2.45, 2.75) is 65.7 Å². The van der Waals surface area contributed by atoms with Crippen LogP contribution in [0.4, 0.5) is 39.9 Å². The molecule has 6 nitrogen and oxygen atoms in total. The number of hydrogen-bond donors (Lipinski definition) is 0. The molecule has 6 heteroatoms. The first-order valence-corrected chi connectivity index (χ1v) is 22.1. The van der Waals surface area contributed by atoms with Gasteiger partial charge in [0.1, 0.15) is 24.0 Å². The van der Waals surface area contributed by atoms with E-state index in [-0.39, 0.29) is 5.41 Å². The summed E-state index contributed by atoms with van der Waals surface area (Å²) in [4.78, 5) is 17.0. The van der Waals surface area contributed by atoms with Crippen molar-refractivity contribution in [3.8, 4) is 45.0 Å². The number of hydrogen-bond acceptors (Lipinski definition) is 6. The van der Waals surface area contributed by atoms with Crippen LogP contribution in [0.25, 0.3) is 33.5 Å². The lowest BCUT2D eigenvalue weighted by atomic mass is 9.87. The Hall–Kier alpha value is -7.18. The summed E-state index contributed by atoms with van der Waals surface area (Å²) >= 11 is 0. The van der Waals surface area contributed by atoms with Gasteiger partial charge in [-0.1, -0.05) is 115 Å². The fraction of sp³-hybridized carbons (Fsp3) is 0.193. The lowest BCUT2D eigenvalue weighted by Gasteiger charge is -2.30. The fourth-order valence-electron chi connectivity index (χ4n) is 9.25. The summed E-state index contributed by atoms with van der Waals surface area (Å²) in [5, 5.41) is 0. The number of para-hydroxylation sites is 3. The number of fused-ring (bicyclic) bond motifs is 6. The Balaban J connectivity index is 1.04. The molecule has 63 heavy (non-hydrogen) atoms. The van der Waals surface area contributed by atoms with E-state index in [1.165, 1.54) is 39.2 Å². The molecule has 0 spiro atoms. The highest BCUT2D eigenvalue weighted by atomic mass is 16.5. The summed E-state index contributed by atoms with van der Waals surface area (Å²) in [6, 6.07) is 56.3.